The molecule has 0 aliphatic carbocycles. The van der Waals surface area contributed by atoms with Gasteiger partial charge in [-0.25, -0.2) is 0 Å². The minimum absolute atomic E-state index is 0.0451. The Morgan fingerprint density at radius 2 is 1.80 bits per heavy atom. The van der Waals surface area contributed by atoms with E-state index in [0.717, 1.165) is 16.5 Å². The SMILES string of the molecule is COc1cc(/C=C(\C#N)C(=O)Nc2cccc(Cl)c2C)ccc1OCc1ccc2ccccc2c1. The highest BCUT2D eigenvalue weighted by Gasteiger charge is 2.13. The number of ether oxygens (including phenoxy) is 2. The molecule has 0 aliphatic rings. The van der Waals surface area contributed by atoms with Crippen LogP contribution in [0.4, 0.5) is 5.69 Å². The summed E-state index contributed by atoms with van der Waals surface area (Å²) in [6.07, 6.45) is 1.50. The van der Waals surface area contributed by atoms with Crippen molar-refractivity contribution in [3.05, 3.63) is 106 Å². The Hall–Kier alpha value is -4.27. The van der Waals surface area contributed by atoms with E-state index in [0.29, 0.717) is 34.4 Å². The first kappa shape index (κ1) is 23.9. The van der Waals surface area contributed by atoms with Gasteiger partial charge in [0.05, 0.1) is 7.11 Å². The second-order valence-corrected chi connectivity index (χ2v) is 8.32. The van der Waals surface area contributed by atoms with Gasteiger partial charge >= 0.3 is 0 Å². The zero-order chi connectivity index (χ0) is 24.8. The molecule has 0 spiro atoms. The molecule has 0 bridgehead atoms. The first-order valence-electron chi connectivity index (χ1n) is 11.0. The van der Waals surface area contributed by atoms with E-state index in [9.17, 15) is 10.1 Å². The second kappa shape index (κ2) is 10.8. The molecule has 0 aromatic heterocycles. The van der Waals surface area contributed by atoms with Crippen molar-refractivity contribution in [2.24, 2.45) is 0 Å². The smallest absolute Gasteiger partial charge is 0.266 e. The number of rotatable bonds is 7. The Morgan fingerprint density at radius 3 is 2.57 bits per heavy atom. The average molecular weight is 483 g/mol. The van der Waals surface area contributed by atoms with Gasteiger partial charge in [0.2, 0.25) is 0 Å². The number of nitrogens with one attached hydrogen (secondary N) is 1. The molecule has 4 aromatic carbocycles. The number of carbonyl (C=O) groups excluding carboxylic acids is 1. The van der Waals surface area contributed by atoms with Gasteiger partial charge in [-0.2, -0.15) is 5.26 Å². The largest absolute Gasteiger partial charge is 0.493 e. The lowest BCUT2D eigenvalue weighted by Gasteiger charge is -2.12. The molecule has 0 saturated heterocycles. The fraction of sp³-hybridized carbons (Fsp3) is 0.103. The number of carbonyl (C=O) groups is 1. The third-order valence-electron chi connectivity index (χ3n) is 5.59. The van der Waals surface area contributed by atoms with Crippen molar-refractivity contribution in [1.29, 1.82) is 5.26 Å². The van der Waals surface area contributed by atoms with Gasteiger partial charge in [-0.3, -0.25) is 4.79 Å². The lowest BCUT2D eigenvalue weighted by Crippen LogP contribution is -2.14. The van der Waals surface area contributed by atoms with E-state index in [1.54, 1.807) is 50.4 Å². The van der Waals surface area contributed by atoms with Crippen LogP contribution in [-0.4, -0.2) is 13.0 Å². The molecule has 0 radical (unpaired) electrons. The fourth-order valence-electron chi connectivity index (χ4n) is 3.63. The molecule has 35 heavy (non-hydrogen) atoms. The van der Waals surface area contributed by atoms with E-state index < -0.39 is 5.91 Å². The highest BCUT2D eigenvalue weighted by Crippen LogP contribution is 2.30. The summed E-state index contributed by atoms with van der Waals surface area (Å²) in [5.41, 5.74) is 2.91. The van der Waals surface area contributed by atoms with Gasteiger partial charge in [0.1, 0.15) is 18.2 Å². The predicted octanol–water partition coefficient (Wildman–Crippen LogP) is 6.93. The van der Waals surface area contributed by atoms with Crippen molar-refractivity contribution in [1.82, 2.24) is 0 Å². The molecular formula is C29H23ClN2O3. The standard InChI is InChI=1S/C29H23ClN2O3/c1-19-25(30)8-5-9-26(19)32-29(33)24(17-31)14-20-11-13-27(28(16-20)34-2)35-18-21-10-12-22-6-3-4-7-23(22)15-21/h3-16H,18H2,1-2H3,(H,32,33)/b24-14+. The first-order chi connectivity index (χ1) is 17.0. The van der Waals surface area contributed by atoms with Gasteiger partial charge in [0.25, 0.3) is 5.91 Å². The van der Waals surface area contributed by atoms with E-state index in [1.807, 2.05) is 24.3 Å². The van der Waals surface area contributed by atoms with Crippen LogP contribution in [0.25, 0.3) is 16.8 Å². The Bertz CT molecular complexity index is 1470. The lowest BCUT2D eigenvalue weighted by atomic mass is 10.1. The number of hydrogen-bond donors (Lipinski definition) is 1. The molecule has 4 aromatic rings. The van der Waals surface area contributed by atoms with Crippen LogP contribution in [0.3, 0.4) is 0 Å². The van der Waals surface area contributed by atoms with Gasteiger partial charge in [0, 0.05) is 10.7 Å². The molecule has 0 fully saturated rings. The fourth-order valence-corrected chi connectivity index (χ4v) is 3.81. The van der Waals surface area contributed by atoms with Gasteiger partial charge in [-0.1, -0.05) is 60.1 Å². The van der Waals surface area contributed by atoms with Gasteiger partial charge in [0.15, 0.2) is 11.5 Å². The van der Waals surface area contributed by atoms with E-state index in [4.69, 9.17) is 21.1 Å². The maximum atomic E-state index is 12.7. The number of fused-ring (bicyclic) bond motifs is 1. The Kier molecular flexibility index (Phi) is 7.35. The van der Waals surface area contributed by atoms with Crippen LogP contribution >= 0.6 is 11.6 Å². The van der Waals surface area contributed by atoms with Crippen LogP contribution in [0.15, 0.2) is 84.4 Å². The Balaban J connectivity index is 1.50. The zero-order valence-corrected chi connectivity index (χ0v) is 20.1. The molecule has 0 unspecified atom stereocenters. The third-order valence-corrected chi connectivity index (χ3v) is 6.00. The summed E-state index contributed by atoms with van der Waals surface area (Å²) in [7, 11) is 1.55. The highest BCUT2D eigenvalue weighted by molar-refractivity contribution is 6.31. The first-order valence-corrected chi connectivity index (χ1v) is 11.3. The summed E-state index contributed by atoms with van der Waals surface area (Å²) in [6.45, 7) is 2.18. The highest BCUT2D eigenvalue weighted by atomic mass is 35.5. The number of hydrogen-bond acceptors (Lipinski definition) is 4. The van der Waals surface area contributed by atoms with E-state index in [1.165, 1.54) is 11.5 Å². The number of halogens is 1. The van der Waals surface area contributed by atoms with Crippen molar-refractivity contribution >= 4 is 40.0 Å². The molecule has 174 valence electrons. The molecule has 4 rings (SSSR count). The molecule has 0 aliphatic heterocycles. The predicted molar refractivity (Wildman–Crippen MR) is 140 cm³/mol. The van der Waals surface area contributed by atoms with Crippen molar-refractivity contribution in [2.75, 3.05) is 12.4 Å². The summed E-state index contributed by atoms with van der Waals surface area (Å²) in [6, 6.07) is 26.8. The van der Waals surface area contributed by atoms with Crippen LogP contribution in [0.2, 0.25) is 5.02 Å². The summed E-state index contributed by atoms with van der Waals surface area (Å²) >= 11 is 6.12. The number of amides is 1. The van der Waals surface area contributed by atoms with Crippen molar-refractivity contribution in [3.8, 4) is 17.6 Å². The average Bonchev–Trinajstić information content (AvgIpc) is 2.88. The van der Waals surface area contributed by atoms with Crippen LogP contribution in [-0.2, 0) is 11.4 Å². The minimum Gasteiger partial charge on any atom is -0.493 e. The summed E-state index contributed by atoms with van der Waals surface area (Å²) < 4.78 is 11.5. The molecule has 0 heterocycles. The maximum Gasteiger partial charge on any atom is 0.266 e. The van der Waals surface area contributed by atoms with Gasteiger partial charge in [-0.15, -0.1) is 0 Å². The number of benzene rings is 4. The van der Waals surface area contributed by atoms with E-state index in [-0.39, 0.29) is 5.57 Å². The molecule has 6 heteroatoms. The quantitative estimate of drug-likeness (QED) is 0.229. The van der Waals surface area contributed by atoms with Crippen molar-refractivity contribution in [2.45, 2.75) is 13.5 Å². The zero-order valence-electron chi connectivity index (χ0n) is 19.3. The van der Waals surface area contributed by atoms with Crippen molar-refractivity contribution in [3.63, 3.8) is 0 Å². The van der Waals surface area contributed by atoms with Crippen LogP contribution in [0.1, 0.15) is 16.7 Å². The number of nitrogens with zero attached hydrogens (tertiary/aromatic N) is 1. The van der Waals surface area contributed by atoms with Gasteiger partial charge in [-0.05, 0) is 70.8 Å². The lowest BCUT2D eigenvalue weighted by molar-refractivity contribution is -0.112. The maximum absolute atomic E-state index is 12.7. The number of nitriles is 1. The minimum atomic E-state index is -0.520. The molecule has 0 atom stereocenters. The van der Waals surface area contributed by atoms with Crippen LogP contribution in [0.5, 0.6) is 11.5 Å². The normalized spacial score (nSPS) is 11.1. The second-order valence-electron chi connectivity index (χ2n) is 7.92. The summed E-state index contributed by atoms with van der Waals surface area (Å²) in [5.74, 6) is 0.548. The molecule has 5 nitrogen and oxygen atoms in total. The van der Waals surface area contributed by atoms with E-state index >= 15 is 0 Å². The number of anilines is 1. The number of methoxy groups -OCH3 is 1. The van der Waals surface area contributed by atoms with E-state index in [2.05, 4.69) is 29.6 Å². The molecule has 0 saturated carbocycles. The van der Waals surface area contributed by atoms with Crippen LogP contribution < -0.4 is 14.8 Å². The molecule has 1 amide bonds. The Labute approximate surface area is 209 Å². The van der Waals surface area contributed by atoms with Crippen LogP contribution in [0, 0.1) is 18.3 Å². The summed E-state index contributed by atoms with van der Waals surface area (Å²) in [5, 5.41) is 15.2. The Morgan fingerprint density at radius 1 is 1.00 bits per heavy atom. The topological polar surface area (TPSA) is 71.3 Å². The molecule has 1 N–H and O–H groups in total. The monoisotopic (exact) mass is 482 g/mol. The third kappa shape index (κ3) is 5.63. The molecular weight excluding hydrogens is 460 g/mol. The van der Waals surface area contributed by atoms with Gasteiger partial charge < -0.3 is 14.8 Å². The van der Waals surface area contributed by atoms with Crippen molar-refractivity contribution < 1.29 is 14.3 Å². The summed E-state index contributed by atoms with van der Waals surface area (Å²) in [4.78, 5) is 12.7.